The summed E-state index contributed by atoms with van der Waals surface area (Å²) < 4.78 is 0. The van der Waals surface area contributed by atoms with Crippen LogP contribution in [-0.4, -0.2) is 45.0 Å². The number of carbonyl (C=O) groups excluding carboxylic acids is 2. The van der Waals surface area contributed by atoms with Gasteiger partial charge in [-0.25, -0.2) is 0 Å². The molecule has 0 spiro atoms. The zero-order valence-electron chi connectivity index (χ0n) is 16.6. The van der Waals surface area contributed by atoms with Crippen molar-refractivity contribution in [1.29, 1.82) is 0 Å². The van der Waals surface area contributed by atoms with Crippen molar-refractivity contribution >= 4 is 11.8 Å². The van der Waals surface area contributed by atoms with Gasteiger partial charge >= 0.3 is 0 Å². The molecule has 3 rings (SSSR count). The van der Waals surface area contributed by atoms with Crippen molar-refractivity contribution in [2.24, 2.45) is 0 Å². The van der Waals surface area contributed by atoms with Gasteiger partial charge in [0.15, 0.2) is 5.69 Å². The molecule has 0 aliphatic carbocycles. The summed E-state index contributed by atoms with van der Waals surface area (Å²) in [6, 6.07) is 11.9. The Bertz CT molecular complexity index is 1040. The molecule has 3 N–H and O–H groups in total. The van der Waals surface area contributed by atoms with Crippen LogP contribution < -0.4 is 10.6 Å². The Morgan fingerprint density at radius 2 is 1.59 bits per heavy atom. The number of rotatable bonds is 6. The zero-order valence-corrected chi connectivity index (χ0v) is 16.6. The summed E-state index contributed by atoms with van der Waals surface area (Å²) in [4.78, 5) is 25.9. The fraction of sp³-hybridized carbons (Fsp3) is 0.238. The Kier molecular flexibility index (Phi) is 5.92. The highest BCUT2D eigenvalue weighted by molar-refractivity contribution is 5.94. The van der Waals surface area contributed by atoms with Crippen molar-refractivity contribution in [1.82, 2.24) is 25.6 Å². The topological polar surface area (TPSA) is 109 Å². The lowest BCUT2D eigenvalue weighted by Gasteiger charge is -2.07. The summed E-state index contributed by atoms with van der Waals surface area (Å²) >= 11 is 0. The number of aromatic nitrogens is 3. The monoisotopic (exact) mass is 393 g/mol. The normalized spacial score (nSPS) is 10.6. The highest BCUT2D eigenvalue weighted by atomic mass is 16.3. The van der Waals surface area contributed by atoms with Gasteiger partial charge in [-0.3, -0.25) is 9.59 Å². The van der Waals surface area contributed by atoms with E-state index in [9.17, 15) is 14.7 Å². The first-order chi connectivity index (χ1) is 13.8. The lowest BCUT2D eigenvalue weighted by molar-refractivity contribution is 0.0924. The van der Waals surface area contributed by atoms with Crippen molar-refractivity contribution in [3.8, 4) is 11.4 Å². The van der Waals surface area contributed by atoms with Gasteiger partial charge in [-0.15, -0.1) is 5.10 Å². The van der Waals surface area contributed by atoms with Crippen LogP contribution in [0.1, 0.15) is 37.7 Å². The second kappa shape index (κ2) is 8.55. The number of phenolic OH excluding ortho intramolecular Hbond substituents is 1. The maximum absolute atomic E-state index is 12.4. The van der Waals surface area contributed by atoms with Gasteiger partial charge in [0.05, 0.1) is 11.4 Å². The molecule has 0 fully saturated rings. The molecule has 1 heterocycles. The SMILES string of the molecule is Cc1ccc(-n2nc(C)c(C(=O)NCCNC(=O)c3ccc(O)cc3)n2)c(C)c1. The Hall–Kier alpha value is -3.68. The minimum absolute atomic E-state index is 0.0954. The van der Waals surface area contributed by atoms with E-state index in [4.69, 9.17) is 0 Å². The van der Waals surface area contributed by atoms with Gasteiger partial charge in [0.2, 0.25) is 0 Å². The number of hydrogen-bond donors (Lipinski definition) is 3. The molecule has 1 aromatic heterocycles. The molecule has 8 nitrogen and oxygen atoms in total. The highest BCUT2D eigenvalue weighted by Crippen LogP contribution is 2.15. The van der Waals surface area contributed by atoms with Gasteiger partial charge in [-0.1, -0.05) is 17.7 Å². The van der Waals surface area contributed by atoms with E-state index in [0.717, 1.165) is 16.8 Å². The Balaban J connectivity index is 1.56. The van der Waals surface area contributed by atoms with Crippen molar-refractivity contribution in [3.05, 3.63) is 70.5 Å². The van der Waals surface area contributed by atoms with Crippen LogP contribution in [0.4, 0.5) is 0 Å². The largest absolute Gasteiger partial charge is 0.508 e. The standard InChI is InChI=1S/C21H23N5O3/c1-13-4-9-18(14(2)12-13)26-24-15(3)19(25-26)21(29)23-11-10-22-20(28)16-5-7-17(27)8-6-16/h4-9,12,27H,10-11H2,1-3H3,(H,22,28)(H,23,29). The van der Waals surface area contributed by atoms with Crippen LogP contribution in [0.3, 0.4) is 0 Å². The predicted molar refractivity (Wildman–Crippen MR) is 108 cm³/mol. The molecule has 0 atom stereocenters. The van der Waals surface area contributed by atoms with E-state index in [-0.39, 0.29) is 36.3 Å². The van der Waals surface area contributed by atoms with Crippen LogP contribution in [0.15, 0.2) is 42.5 Å². The van der Waals surface area contributed by atoms with Gasteiger partial charge in [-0.05, 0) is 56.7 Å². The molecule has 3 aromatic rings. The number of nitrogens with one attached hydrogen (secondary N) is 2. The van der Waals surface area contributed by atoms with E-state index in [1.807, 2.05) is 32.0 Å². The maximum Gasteiger partial charge on any atom is 0.273 e. The third-order valence-corrected chi connectivity index (χ3v) is 4.39. The fourth-order valence-corrected chi connectivity index (χ4v) is 2.88. The molecule has 29 heavy (non-hydrogen) atoms. The molecule has 2 amide bonds. The number of benzene rings is 2. The van der Waals surface area contributed by atoms with E-state index in [2.05, 4.69) is 20.8 Å². The van der Waals surface area contributed by atoms with Crippen LogP contribution in [0, 0.1) is 20.8 Å². The van der Waals surface area contributed by atoms with Crippen LogP contribution in [-0.2, 0) is 0 Å². The average Bonchev–Trinajstić information content (AvgIpc) is 3.07. The first kappa shape index (κ1) is 20.1. The van der Waals surface area contributed by atoms with Crippen molar-refractivity contribution < 1.29 is 14.7 Å². The molecule has 0 bridgehead atoms. The number of amides is 2. The summed E-state index contributed by atoms with van der Waals surface area (Å²) in [7, 11) is 0. The molecule has 8 heteroatoms. The second-order valence-corrected chi connectivity index (χ2v) is 6.77. The fourth-order valence-electron chi connectivity index (χ4n) is 2.88. The van der Waals surface area contributed by atoms with E-state index in [0.29, 0.717) is 11.3 Å². The lowest BCUT2D eigenvalue weighted by atomic mass is 10.1. The number of aryl methyl sites for hydroxylation is 3. The molecule has 0 unspecified atom stereocenters. The summed E-state index contributed by atoms with van der Waals surface area (Å²) in [5.74, 6) is -0.535. The Labute approximate surface area is 168 Å². The van der Waals surface area contributed by atoms with Crippen LogP contribution in [0.2, 0.25) is 0 Å². The zero-order chi connectivity index (χ0) is 21.0. The Morgan fingerprint density at radius 3 is 2.24 bits per heavy atom. The molecular weight excluding hydrogens is 370 g/mol. The lowest BCUT2D eigenvalue weighted by Crippen LogP contribution is -2.35. The van der Waals surface area contributed by atoms with Crippen LogP contribution in [0.5, 0.6) is 5.75 Å². The van der Waals surface area contributed by atoms with E-state index < -0.39 is 0 Å². The quantitative estimate of drug-likeness (QED) is 0.556. The molecule has 0 saturated carbocycles. The van der Waals surface area contributed by atoms with E-state index in [1.165, 1.54) is 29.1 Å². The average molecular weight is 393 g/mol. The van der Waals surface area contributed by atoms with Crippen molar-refractivity contribution in [2.75, 3.05) is 13.1 Å². The summed E-state index contributed by atoms with van der Waals surface area (Å²) in [6.45, 7) is 6.22. The molecule has 2 aromatic carbocycles. The number of hydrogen-bond acceptors (Lipinski definition) is 5. The Morgan fingerprint density at radius 1 is 0.931 bits per heavy atom. The van der Waals surface area contributed by atoms with Crippen LogP contribution >= 0.6 is 0 Å². The molecule has 0 aliphatic heterocycles. The molecule has 0 radical (unpaired) electrons. The number of carbonyl (C=O) groups is 2. The number of phenols is 1. The molecule has 0 saturated heterocycles. The first-order valence-corrected chi connectivity index (χ1v) is 9.22. The third kappa shape index (κ3) is 4.78. The smallest absolute Gasteiger partial charge is 0.273 e. The van der Waals surface area contributed by atoms with Crippen LogP contribution in [0.25, 0.3) is 5.69 Å². The minimum atomic E-state index is -0.350. The highest BCUT2D eigenvalue weighted by Gasteiger charge is 2.17. The summed E-state index contributed by atoms with van der Waals surface area (Å²) in [5.41, 5.74) is 4.18. The minimum Gasteiger partial charge on any atom is -0.508 e. The second-order valence-electron chi connectivity index (χ2n) is 6.77. The number of nitrogens with zero attached hydrogens (tertiary/aromatic N) is 3. The van der Waals surface area contributed by atoms with E-state index in [1.54, 1.807) is 6.92 Å². The summed E-state index contributed by atoms with van der Waals surface area (Å²) in [6.07, 6.45) is 0. The predicted octanol–water partition coefficient (Wildman–Crippen LogP) is 2.06. The molecule has 150 valence electrons. The van der Waals surface area contributed by atoms with Gasteiger partial charge in [-0.2, -0.15) is 9.90 Å². The van der Waals surface area contributed by atoms with Gasteiger partial charge < -0.3 is 15.7 Å². The maximum atomic E-state index is 12.4. The molecule has 0 aliphatic rings. The number of aromatic hydroxyl groups is 1. The van der Waals surface area contributed by atoms with E-state index >= 15 is 0 Å². The van der Waals surface area contributed by atoms with Gasteiger partial charge in [0.1, 0.15) is 5.75 Å². The molecular formula is C21H23N5O3. The third-order valence-electron chi connectivity index (χ3n) is 4.39. The van der Waals surface area contributed by atoms with Gasteiger partial charge in [0.25, 0.3) is 11.8 Å². The summed E-state index contributed by atoms with van der Waals surface area (Å²) in [5, 5.41) is 23.4. The first-order valence-electron chi connectivity index (χ1n) is 9.22. The van der Waals surface area contributed by atoms with Crippen molar-refractivity contribution in [2.45, 2.75) is 20.8 Å². The van der Waals surface area contributed by atoms with Crippen molar-refractivity contribution in [3.63, 3.8) is 0 Å². The van der Waals surface area contributed by atoms with Gasteiger partial charge in [0, 0.05) is 18.7 Å².